The smallest absolute Gasteiger partial charge is 0.0705 e. The van der Waals surface area contributed by atoms with Crippen molar-refractivity contribution in [3.05, 3.63) is 41.6 Å². The predicted octanol–water partition coefficient (Wildman–Crippen LogP) is 2.58. The highest BCUT2D eigenvalue weighted by Gasteiger charge is 2.18. The van der Waals surface area contributed by atoms with Gasteiger partial charge in [0.05, 0.1) is 5.52 Å². The number of nitrogens with zero attached hydrogens (tertiary/aromatic N) is 1. The van der Waals surface area contributed by atoms with Crippen molar-refractivity contribution in [3.63, 3.8) is 0 Å². The van der Waals surface area contributed by atoms with Gasteiger partial charge in [-0.05, 0) is 43.7 Å². The van der Waals surface area contributed by atoms with Crippen LogP contribution in [0, 0.1) is 6.92 Å². The maximum absolute atomic E-state index is 4.50. The lowest BCUT2D eigenvalue weighted by molar-refractivity contribution is 0.383. The summed E-state index contributed by atoms with van der Waals surface area (Å²) in [6.45, 7) is 3.18. The average Bonchev–Trinajstić information content (AvgIpc) is 2.15. The normalized spacial score (nSPS) is 20.2. The van der Waals surface area contributed by atoms with Crippen molar-refractivity contribution in [2.24, 2.45) is 0 Å². The van der Waals surface area contributed by atoms with Crippen LogP contribution in [-0.2, 0) is 0 Å². The Morgan fingerprint density at radius 1 is 1.27 bits per heavy atom. The molecule has 1 saturated heterocycles. The lowest BCUT2D eigenvalue weighted by Gasteiger charge is -2.28. The van der Waals surface area contributed by atoms with Gasteiger partial charge < -0.3 is 5.32 Å². The van der Waals surface area contributed by atoms with Crippen molar-refractivity contribution in [2.75, 3.05) is 6.54 Å². The Labute approximate surface area is 89.3 Å². The van der Waals surface area contributed by atoms with Crippen molar-refractivity contribution >= 4 is 10.9 Å². The molecule has 76 valence electrons. The summed E-state index contributed by atoms with van der Waals surface area (Å²) in [5, 5.41) is 4.66. The van der Waals surface area contributed by atoms with Crippen molar-refractivity contribution in [2.45, 2.75) is 19.4 Å². The molecule has 0 unspecified atom stereocenters. The number of hydrogen-bond donors (Lipinski definition) is 1. The highest BCUT2D eigenvalue weighted by Crippen LogP contribution is 2.25. The molecule has 1 aliphatic heterocycles. The van der Waals surface area contributed by atoms with Crippen LogP contribution >= 0.6 is 0 Å². The van der Waals surface area contributed by atoms with E-state index >= 15 is 0 Å². The van der Waals surface area contributed by atoms with Gasteiger partial charge in [0.15, 0.2) is 0 Å². The zero-order valence-electron chi connectivity index (χ0n) is 8.83. The molecule has 1 aromatic heterocycles. The largest absolute Gasteiger partial charge is 0.310 e. The van der Waals surface area contributed by atoms with Crippen LogP contribution in [0.25, 0.3) is 10.9 Å². The van der Waals surface area contributed by atoms with E-state index < -0.39 is 0 Å². The lowest BCUT2D eigenvalue weighted by Crippen LogP contribution is -2.34. The maximum atomic E-state index is 4.50. The number of benzene rings is 1. The molecule has 0 saturated carbocycles. The first kappa shape index (κ1) is 8.86. The molecule has 2 heterocycles. The molecule has 15 heavy (non-hydrogen) atoms. The lowest BCUT2D eigenvalue weighted by atomic mass is 9.96. The van der Waals surface area contributed by atoms with E-state index in [1.807, 2.05) is 6.92 Å². The molecule has 2 nitrogen and oxygen atoms in total. The highest BCUT2D eigenvalue weighted by molar-refractivity contribution is 5.79. The van der Waals surface area contributed by atoms with Gasteiger partial charge >= 0.3 is 0 Å². The Balaban J connectivity index is 2.09. The van der Waals surface area contributed by atoms with Crippen LogP contribution < -0.4 is 5.32 Å². The minimum atomic E-state index is 0.565. The topological polar surface area (TPSA) is 24.9 Å². The summed E-state index contributed by atoms with van der Waals surface area (Å²) in [6.07, 6.45) is 1.25. The van der Waals surface area contributed by atoms with Gasteiger partial charge in [-0.25, -0.2) is 0 Å². The molecule has 0 spiro atoms. The number of fused-ring (bicyclic) bond motifs is 1. The van der Waals surface area contributed by atoms with Gasteiger partial charge in [-0.1, -0.05) is 12.1 Å². The van der Waals surface area contributed by atoms with Crippen molar-refractivity contribution in [3.8, 4) is 0 Å². The van der Waals surface area contributed by atoms with Crippen LogP contribution in [0.5, 0.6) is 0 Å². The average molecular weight is 198 g/mol. The van der Waals surface area contributed by atoms with Gasteiger partial charge in [-0.15, -0.1) is 0 Å². The molecule has 1 N–H and O–H groups in total. The first-order valence-corrected chi connectivity index (χ1v) is 5.44. The molecule has 2 aromatic rings. The second-order valence-corrected chi connectivity index (χ2v) is 4.20. The third kappa shape index (κ3) is 1.51. The highest BCUT2D eigenvalue weighted by atomic mass is 15.0. The number of aromatic nitrogens is 1. The van der Waals surface area contributed by atoms with Crippen LogP contribution in [-0.4, -0.2) is 11.5 Å². The van der Waals surface area contributed by atoms with Gasteiger partial charge in [0, 0.05) is 17.1 Å². The van der Waals surface area contributed by atoms with Crippen LogP contribution in [0.2, 0.25) is 0 Å². The molecule has 2 heteroatoms. The quantitative estimate of drug-likeness (QED) is 0.761. The minimum absolute atomic E-state index is 0.565. The molecule has 0 radical (unpaired) electrons. The standard InChI is InChI=1S/C13H14N2/c1-9-2-3-11-8-10(12-6-7-14-12)4-5-13(11)15-9/h2-5,8,12,14H,6-7H2,1H3/t12-/m0/s1. The molecule has 1 aromatic carbocycles. The molecule has 1 fully saturated rings. The fourth-order valence-electron chi connectivity index (χ4n) is 2.04. The van der Waals surface area contributed by atoms with E-state index in [4.69, 9.17) is 0 Å². The van der Waals surface area contributed by atoms with Gasteiger partial charge in [-0.3, -0.25) is 4.98 Å². The molecular weight excluding hydrogens is 184 g/mol. The Morgan fingerprint density at radius 3 is 2.87 bits per heavy atom. The first-order chi connectivity index (χ1) is 7.33. The van der Waals surface area contributed by atoms with Gasteiger partial charge in [0.2, 0.25) is 0 Å². The van der Waals surface area contributed by atoms with E-state index in [-0.39, 0.29) is 0 Å². The molecule has 0 aliphatic carbocycles. The SMILES string of the molecule is Cc1ccc2cc([C@@H]3CCN3)ccc2n1. The number of pyridine rings is 1. The minimum Gasteiger partial charge on any atom is -0.310 e. The number of nitrogens with one attached hydrogen (secondary N) is 1. The van der Waals surface area contributed by atoms with E-state index in [9.17, 15) is 0 Å². The molecule has 3 rings (SSSR count). The molecular formula is C13H14N2. The zero-order valence-corrected chi connectivity index (χ0v) is 8.83. The Kier molecular flexibility index (Phi) is 1.96. The maximum Gasteiger partial charge on any atom is 0.0705 e. The van der Waals surface area contributed by atoms with E-state index in [1.54, 1.807) is 0 Å². The molecule has 1 atom stereocenters. The monoisotopic (exact) mass is 198 g/mol. The van der Waals surface area contributed by atoms with E-state index in [1.165, 1.54) is 17.4 Å². The number of aryl methyl sites for hydroxylation is 1. The van der Waals surface area contributed by atoms with E-state index in [0.717, 1.165) is 17.8 Å². The van der Waals surface area contributed by atoms with Gasteiger partial charge in [-0.2, -0.15) is 0 Å². The van der Waals surface area contributed by atoms with Gasteiger partial charge in [0.1, 0.15) is 0 Å². The van der Waals surface area contributed by atoms with Crippen LogP contribution in [0.1, 0.15) is 23.7 Å². The van der Waals surface area contributed by atoms with Crippen molar-refractivity contribution in [1.29, 1.82) is 0 Å². The fraction of sp³-hybridized carbons (Fsp3) is 0.308. The second kappa shape index (κ2) is 3.31. The molecule has 1 aliphatic rings. The number of rotatable bonds is 1. The van der Waals surface area contributed by atoms with Gasteiger partial charge in [0.25, 0.3) is 0 Å². The molecule has 0 amide bonds. The van der Waals surface area contributed by atoms with E-state index in [2.05, 4.69) is 40.6 Å². The second-order valence-electron chi connectivity index (χ2n) is 4.20. The van der Waals surface area contributed by atoms with Crippen molar-refractivity contribution in [1.82, 2.24) is 10.3 Å². The summed E-state index contributed by atoms with van der Waals surface area (Å²) in [4.78, 5) is 4.50. The van der Waals surface area contributed by atoms with Crippen LogP contribution in [0.4, 0.5) is 0 Å². The summed E-state index contributed by atoms with van der Waals surface area (Å²) in [7, 11) is 0. The Hall–Kier alpha value is -1.41. The van der Waals surface area contributed by atoms with Crippen molar-refractivity contribution < 1.29 is 0 Å². The third-order valence-corrected chi connectivity index (χ3v) is 3.08. The zero-order chi connectivity index (χ0) is 10.3. The first-order valence-electron chi connectivity index (χ1n) is 5.44. The molecule has 0 bridgehead atoms. The Morgan fingerprint density at radius 2 is 2.13 bits per heavy atom. The fourth-order valence-corrected chi connectivity index (χ4v) is 2.04. The van der Waals surface area contributed by atoms with E-state index in [0.29, 0.717) is 6.04 Å². The Bertz CT molecular complexity index is 501. The summed E-state index contributed by atoms with van der Waals surface area (Å²) in [6, 6.07) is 11.3. The predicted molar refractivity (Wildman–Crippen MR) is 61.8 cm³/mol. The summed E-state index contributed by atoms with van der Waals surface area (Å²) in [5.41, 5.74) is 3.56. The summed E-state index contributed by atoms with van der Waals surface area (Å²) >= 11 is 0. The summed E-state index contributed by atoms with van der Waals surface area (Å²) < 4.78 is 0. The van der Waals surface area contributed by atoms with Crippen LogP contribution in [0.3, 0.4) is 0 Å². The number of hydrogen-bond acceptors (Lipinski definition) is 2. The van der Waals surface area contributed by atoms with Crippen LogP contribution in [0.15, 0.2) is 30.3 Å². The summed E-state index contributed by atoms with van der Waals surface area (Å²) in [5.74, 6) is 0. The third-order valence-electron chi connectivity index (χ3n) is 3.08.